The van der Waals surface area contributed by atoms with Gasteiger partial charge in [0.1, 0.15) is 13.2 Å². The van der Waals surface area contributed by atoms with E-state index in [1.807, 2.05) is 25.1 Å². The molecular formula is C19H25N3O3S. The van der Waals surface area contributed by atoms with Crippen LogP contribution in [0.4, 0.5) is 5.13 Å². The fraction of sp³-hybridized carbons (Fsp3) is 0.526. The monoisotopic (exact) mass is 375 g/mol. The van der Waals surface area contributed by atoms with Crippen LogP contribution in [0.1, 0.15) is 23.8 Å². The van der Waals surface area contributed by atoms with Crippen molar-refractivity contribution in [3.8, 4) is 11.5 Å². The number of aliphatic hydroxyl groups excluding tert-OH is 1. The number of thiazole rings is 1. The quantitative estimate of drug-likeness (QED) is 0.886. The molecule has 1 aromatic heterocycles. The van der Waals surface area contributed by atoms with Crippen LogP contribution >= 0.6 is 11.3 Å². The minimum atomic E-state index is -0.528. The number of benzene rings is 1. The number of aromatic nitrogens is 1. The van der Waals surface area contributed by atoms with Crippen molar-refractivity contribution in [3.63, 3.8) is 0 Å². The predicted octanol–water partition coefficient (Wildman–Crippen LogP) is 2.47. The summed E-state index contributed by atoms with van der Waals surface area (Å²) < 4.78 is 11.2. The largest absolute Gasteiger partial charge is 0.486 e. The molecule has 0 amide bonds. The van der Waals surface area contributed by atoms with Gasteiger partial charge in [0.05, 0.1) is 11.8 Å². The standard InChI is InChI=1S/C19H25N3O3S/c1-14-13-26-19(20-14)22-6-2-5-21(7-8-22)12-16(23)15-3-4-17-18(11-15)25-10-9-24-17/h3-4,11,13,16,23H,2,5-10,12H2,1H3/t16-/m0/s1. The molecular weight excluding hydrogens is 350 g/mol. The average molecular weight is 375 g/mol. The second-order valence-corrected chi connectivity index (χ2v) is 7.67. The molecule has 0 spiro atoms. The van der Waals surface area contributed by atoms with Gasteiger partial charge in [-0.2, -0.15) is 0 Å². The lowest BCUT2D eigenvalue weighted by Gasteiger charge is -2.25. The van der Waals surface area contributed by atoms with Crippen molar-refractivity contribution in [2.45, 2.75) is 19.4 Å². The first kappa shape index (κ1) is 17.6. The van der Waals surface area contributed by atoms with Gasteiger partial charge in [-0.3, -0.25) is 4.90 Å². The van der Waals surface area contributed by atoms with Gasteiger partial charge >= 0.3 is 0 Å². The molecule has 4 rings (SSSR count). The minimum absolute atomic E-state index is 0.528. The highest BCUT2D eigenvalue weighted by molar-refractivity contribution is 7.13. The van der Waals surface area contributed by atoms with Crippen LogP contribution in [0.25, 0.3) is 0 Å². The maximum atomic E-state index is 10.7. The molecule has 7 heteroatoms. The fourth-order valence-corrected chi connectivity index (χ4v) is 4.31. The van der Waals surface area contributed by atoms with Crippen molar-refractivity contribution in [2.75, 3.05) is 50.8 Å². The molecule has 0 saturated carbocycles. The molecule has 1 atom stereocenters. The first-order valence-corrected chi connectivity index (χ1v) is 10.0. The maximum absolute atomic E-state index is 10.7. The number of hydrogen-bond acceptors (Lipinski definition) is 7. The molecule has 0 unspecified atom stereocenters. The Morgan fingerprint density at radius 2 is 2.00 bits per heavy atom. The first-order chi connectivity index (χ1) is 12.7. The second-order valence-electron chi connectivity index (χ2n) is 6.83. The number of anilines is 1. The second kappa shape index (κ2) is 7.82. The summed E-state index contributed by atoms with van der Waals surface area (Å²) in [4.78, 5) is 9.29. The number of nitrogens with zero attached hydrogens (tertiary/aromatic N) is 3. The molecule has 2 aromatic rings. The molecule has 2 aliphatic rings. The lowest BCUT2D eigenvalue weighted by atomic mass is 10.1. The van der Waals surface area contributed by atoms with Crippen molar-refractivity contribution in [2.24, 2.45) is 0 Å². The summed E-state index contributed by atoms with van der Waals surface area (Å²) in [6, 6.07) is 5.73. The van der Waals surface area contributed by atoms with E-state index in [0.29, 0.717) is 19.8 Å². The van der Waals surface area contributed by atoms with Gasteiger partial charge in [0.25, 0.3) is 0 Å². The van der Waals surface area contributed by atoms with Crippen LogP contribution in [0.15, 0.2) is 23.6 Å². The van der Waals surface area contributed by atoms with Gasteiger partial charge in [0, 0.05) is 38.1 Å². The van der Waals surface area contributed by atoms with E-state index >= 15 is 0 Å². The Bertz CT molecular complexity index is 751. The molecule has 6 nitrogen and oxygen atoms in total. The Kier molecular flexibility index (Phi) is 5.28. The third-order valence-electron chi connectivity index (χ3n) is 4.85. The third-order valence-corrected chi connectivity index (χ3v) is 5.87. The van der Waals surface area contributed by atoms with Gasteiger partial charge in [-0.1, -0.05) is 6.07 Å². The van der Waals surface area contributed by atoms with E-state index in [-0.39, 0.29) is 0 Å². The normalized spacial score (nSPS) is 19.2. The smallest absolute Gasteiger partial charge is 0.185 e. The van der Waals surface area contributed by atoms with Crippen LogP contribution in [0.5, 0.6) is 11.5 Å². The van der Waals surface area contributed by atoms with Crippen molar-refractivity contribution in [3.05, 3.63) is 34.8 Å². The van der Waals surface area contributed by atoms with Gasteiger partial charge in [-0.15, -0.1) is 11.3 Å². The highest BCUT2D eigenvalue weighted by Gasteiger charge is 2.21. The van der Waals surface area contributed by atoms with Crippen LogP contribution in [-0.2, 0) is 0 Å². The van der Waals surface area contributed by atoms with Crippen LogP contribution in [0.2, 0.25) is 0 Å². The lowest BCUT2D eigenvalue weighted by Crippen LogP contribution is -2.33. The third kappa shape index (κ3) is 3.95. The molecule has 3 heterocycles. The number of ether oxygens (including phenoxy) is 2. The van der Waals surface area contributed by atoms with Gasteiger partial charge < -0.3 is 19.5 Å². The number of rotatable bonds is 4. The zero-order valence-electron chi connectivity index (χ0n) is 15.1. The van der Waals surface area contributed by atoms with Gasteiger partial charge in [0.15, 0.2) is 16.6 Å². The van der Waals surface area contributed by atoms with Crippen LogP contribution < -0.4 is 14.4 Å². The lowest BCUT2D eigenvalue weighted by molar-refractivity contribution is 0.116. The van der Waals surface area contributed by atoms with Crippen molar-refractivity contribution in [1.29, 1.82) is 0 Å². The summed E-state index contributed by atoms with van der Waals surface area (Å²) in [7, 11) is 0. The zero-order valence-corrected chi connectivity index (χ0v) is 15.9. The summed E-state index contributed by atoms with van der Waals surface area (Å²) in [5.74, 6) is 1.49. The Balaban J connectivity index is 1.36. The molecule has 26 heavy (non-hydrogen) atoms. The summed E-state index contributed by atoms with van der Waals surface area (Å²) in [5.41, 5.74) is 1.96. The summed E-state index contributed by atoms with van der Waals surface area (Å²) >= 11 is 1.71. The van der Waals surface area contributed by atoms with E-state index in [1.165, 1.54) is 0 Å². The maximum Gasteiger partial charge on any atom is 0.185 e. The fourth-order valence-electron chi connectivity index (χ4n) is 3.45. The highest BCUT2D eigenvalue weighted by atomic mass is 32.1. The number of aliphatic hydroxyl groups is 1. The minimum Gasteiger partial charge on any atom is -0.486 e. The molecule has 1 saturated heterocycles. The van der Waals surface area contributed by atoms with Crippen LogP contribution in [0, 0.1) is 6.92 Å². The SMILES string of the molecule is Cc1csc(N2CCCN(C[C@H](O)c3ccc4c(c3)OCCO4)CC2)n1. The van der Waals surface area contributed by atoms with Gasteiger partial charge in [-0.25, -0.2) is 4.98 Å². The first-order valence-electron chi connectivity index (χ1n) is 9.16. The Morgan fingerprint density at radius 3 is 2.81 bits per heavy atom. The molecule has 140 valence electrons. The molecule has 0 aliphatic carbocycles. The van der Waals surface area contributed by atoms with E-state index in [0.717, 1.165) is 60.5 Å². The Labute approximate surface area is 158 Å². The van der Waals surface area contributed by atoms with E-state index < -0.39 is 6.10 Å². The van der Waals surface area contributed by atoms with Crippen molar-refractivity contribution in [1.82, 2.24) is 9.88 Å². The van der Waals surface area contributed by atoms with Crippen LogP contribution in [-0.4, -0.2) is 60.9 Å². The average Bonchev–Trinajstić information content (AvgIpc) is 2.96. The Morgan fingerprint density at radius 1 is 1.15 bits per heavy atom. The molecule has 0 radical (unpaired) electrons. The predicted molar refractivity (Wildman–Crippen MR) is 103 cm³/mol. The van der Waals surface area contributed by atoms with E-state index in [4.69, 9.17) is 9.47 Å². The molecule has 0 bridgehead atoms. The summed E-state index contributed by atoms with van der Waals surface area (Å²) in [5, 5.41) is 13.9. The van der Waals surface area contributed by atoms with Gasteiger partial charge in [0.2, 0.25) is 0 Å². The Hall–Kier alpha value is -1.83. The molecule has 1 fully saturated rings. The van der Waals surface area contributed by atoms with E-state index in [9.17, 15) is 5.11 Å². The van der Waals surface area contributed by atoms with Crippen molar-refractivity contribution < 1.29 is 14.6 Å². The number of aryl methyl sites for hydroxylation is 1. The highest BCUT2D eigenvalue weighted by Crippen LogP contribution is 2.33. The zero-order chi connectivity index (χ0) is 17.9. The van der Waals surface area contributed by atoms with E-state index in [2.05, 4.69) is 20.2 Å². The molecule has 2 aliphatic heterocycles. The number of hydrogen-bond donors (Lipinski definition) is 1. The van der Waals surface area contributed by atoms with Gasteiger partial charge in [-0.05, 0) is 31.0 Å². The number of β-amino-alcohol motifs (C(OH)–C–C–N with tert-alkyl or cyclic N) is 1. The van der Waals surface area contributed by atoms with E-state index in [1.54, 1.807) is 11.3 Å². The van der Waals surface area contributed by atoms with Crippen molar-refractivity contribution >= 4 is 16.5 Å². The molecule has 1 aromatic carbocycles. The summed E-state index contributed by atoms with van der Waals surface area (Å²) in [6.45, 7) is 7.69. The number of fused-ring (bicyclic) bond motifs is 1. The summed E-state index contributed by atoms with van der Waals surface area (Å²) in [6.07, 6.45) is 0.548. The topological polar surface area (TPSA) is 58.1 Å². The van der Waals surface area contributed by atoms with Crippen LogP contribution in [0.3, 0.4) is 0 Å². The molecule has 1 N–H and O–H groups in total.